The van der Waals surface area contributed by atoms with Crippen molar-refractivity contribution in [3.05, 3.63) is 68.4 Å². The molecule has 2 aliphatic carbocycles. The van der Waals surface area contributed by atoms with Crippen molar-refractivity contribution in [2.24, 2.45) is 5.41 Å². The number of carboxylic acids is 1. The number of hydrogen-bond donors (Lipinski definition) is 3. The molecule has 4 rings (SSSR count). The summed E-state index contributed by atoms with van der Waals surface area (Å²) in [4.78, 5) is 42.5. The molecule has 0 bridgehead atoms. The number of amides is 1. The molecular weight excluding hydrogens is 533 g/mol. The smallest absolute Gasteiger partial charge is 0.326 e. The van der Waals surface area contributed by atoms with E-state index in [1.807, 2.05) is 13.8 Å². The third-order valence-electron chi connectivity index (χ3n) is 6.76. The van der Waals surface area contributed by atoms with Gasteiger partial charge < -0.3 is 15.7 Å². The van der Waals surface area contributed by atoms with Gasteiger partial charge in [0.25, 0.3) is 5.91 Å². The Labute approximate surface area is 230 Å². The van der Waals surface area contributed by atoms with Crippen LogP contribution in [0.2, 0.25) is 10.0 Å². The molecule has 1 saturated carbocycles. The number of carbonyl (C=O) groups is 3. The van der Waals surface area contributed by atoms with E-state index in [2.05, 4.69) is 15.6 Å². The van der Waals surface area contributed by atoms with Gasteiger partial charge in [-0.15, -0.1) is 11.8 Å². The van der Waals surface area contributed by atoms with Crippen LogP contribution in [-0.2, 0) is 16.0 Å². The van der Waals surface area contributed by atoms with Crippen LogP contribution in [-0.4, -0.2) is 39.0 Å². The first-order chi connectivity index (χ1) is 17.6. The number of rotatable bonds is 9. The number of ketones is 1. The molecule has 0 saturated heterocycles. The van der Waals surface area contributed by atoms with Crippen molar-refractivity contribution in [3.8, 4) is 0 Å². The summed E-state index contributed by atoms with van der Waals surface area (Å²) in [7, 11) is 0. The van der Waals surface area contributed by atoms with Gasteiger partial charge in [-0.05, 0) is 30.5 Å². The monoisotopic (exact) mass is 561 g/mol. The number of aliphatic carboxylic acids is 1. The number of hydrogen-bond acceptors (Lipinski definition) is 6. The standard InChI is InChI=1S/C27H29Cl2N3O4S/c1-15(2)37-22-23(27(24(22)33)10-4-3-5-11-27)32-20(26(35)36)12-16-6-8-17(9-7-16)31-25(34)21-18(28)13-30-14-19(21)29/h6-9,13-15,20,32H,3-5,10-12H2,1-2H3,(H,31,34)(H,35,36)/t20-/m0/s1. The van der Waals surface area contributed by atoms with Crippen molar-refractivity contribution in [1.82, 2.24) is 10.3 Å². The summed E-state index contributed by atoms with van der Waals surface area (Å²) in [6.45, 7) is 4.06. The Morgan fingerprint density at radius 2 is 1.70 bits per heavy atom. The number of carbonyl (C=O) groups excluding carboxylic acids is 2. The molecule has 1 aromatic heterocycles. The van der Waals surface area contributed by atoms with E-state index in [1.165, 1.54) is 24.2 Å². The highest BCUT2D eigenvalue weighted by atomic mass is 35.5. The lowest BCUT2D eigenvalue weighted by atomic mass is 9.62. The van der Waals surface area contributed by atoms with Crippen LogP contribution in [0.3, 0.4) is 0 Å². The molecule has 2 aliphatic rings. The zero-order chi connectivity index (χ0) is 26.7. The van der Waals surface area contributed by atoms with Gasteiger partial charge in [-0.25, -0.2) is 4.79 Å². The minimum atomic E-state index is -0.981. The highest BCUT2D eigenvalue weighted by molar-refractivity contribution is 8.04. The van der Waals surface area contributed by atoms with E-state index < -0.39 is 23.3 Å². The van der Waals surface area contributed by atoms with Crippen LogP contribution in [0.15, 0.2) is 47.3 Å². The molecule has 37 heavy (non-hydrogen) atoms. The number of Topliss-reactive ketones (excluding diaryl/α,β-unsaturated/α-hetero) is 1. The van der Waals surface area contributed by atoms with E-state index in [-0.39, 0.29) is 33.1 Å². The second-order valence-electron chi connectivity index (χ2n) is 9.71. The van der Waals surface area contributed by atoms with E-state index in [0.29, 0.717) is 10.6 Å². The lowest BCUT2D eigenvalue weighted by Gasteiger charge is -2.47. The Hall–Kier alpha value is -2.55. The van der Waals surface area contributed by atoms with Crippen molar-refractivity contribution in [3.63, 3.8) is 0 Å². The molecule has 2 aromatic rings. The van der Waals surface area contributed by atoms with Gasteiger partial charge in [0.2, 0.25) is 0 Å². The predicted octanol–water partition coefficient (Wildman–Crippen LogP) is 6.11. The topological polar surface area (TPSA) is 108 Å². The van der Waals surface area contributed by atoms with E-state index in [1.54, 1.807) is 24.3 Å². The molecule has 0 unspecified atom stereocenters. The zero-order valence-corrected chi connectivity index (χ0v) is 23.0. The number of anilines is 1. The maximum absolute atomic E-state index is 13.1. The summed E-state index contributed by atoms with van der Waals surface area (Å²) >= 11 is 13.6. The van der Waals surface area contributed by atoms with Gasteiger partial charge >= 0.3 is 5.97 Å². The van der Waals surface area contributed by atoms with Gasteiger partial charge in [-0.1, -0.05) is 68.4 Å². The SMILES string of the molecule is CC(C)SC1=C(N[C@@H](Cc2ccc(NC(=O)c3c(Cl)cncc3Cl)cc2)C(=O)O)C2(CCCCC2)C1=O. The third kappa shape index (κ3) is 5.81. The quantitative estimate of drug-likeness (QED) is 0.338. The van der Waals surface area contributed by atoms with Gasteiger partial charge in [-0.3, -0.25) is 14.6 Å². The molecule has 196 valence electrons. The Morgan fingerprint density at radius 3 is 2.27 bits per heavy atom. The van der Waals surface area contributed by atoms with Crippen LogP contribution >= 0.6 is 35.0 Å². The Balaban J connectivity index is 1.49. The highest BCUT2D eigenvalue weighted by Crippen LogP contribution is 2.55. The Morgan fingerprint density at radius 1 is 1.08 bits per heavy atom. The van der Waals surface area contributed by atoms with E-state index >= 15 is 0 Å². The van der Waals surface area contributed by atoms with Gasteiger partial charge in [0, 0.05) is 35.4 Å². The van der Waals surface area contributed by atoms with Crippen LogP contribution < -0.4 is 10.6 Å². The number of nitrogens with one attached hydrogen (secondary N) is 2. The fraction of sp³-hybridized carbons (Fsp3) is 0.407. The minimum Gasteiger partial charge on any atom is -0.480 e. The van der Waals surface area contributed by atoms with Crippen LogP contribution in [0.1, 0.15) is 61.9 Å². The number of nitrogens with zero attached hydrogens (tertiary/aromatic N) is 1. The van der Waals surface area contributed by atoms with Gasteiger partial charge in [-0.2, -0.15) is 0 Å². The average Bonchev–Trinajstić information content (AvgIpc) is 2.86. The predicted molar refractivity (Wildman–Crippen MR) is 147 cm³/mol. The second-order valence-corrected chi connectivity index (χ2v) is 12.1. The molecule has 1 spiro atoms. The molecule has 10 heteroatoms. The van der Waals surface area contributed by atoms with Crippen molar-refractivity contribution in [2.75, 3.05) is 5.32 Å². The summed E-state index contributed by atoms with van der Waals surface area (Å²) in [5, 5.41) is 16.5. The van der Waals surface area contributed by atoms with E-state index in [4.69, 9.17) is 23.2 Å². The number of allylic oxidation sites excluding steroid dienone is 2. The maximum atomic E-state index is 13.1. The molecule has 0 aliphatic heterocycles. The van der Waals surface area contributed by atoms with Crippen LogP contribution in [0.25, 0.3) is 0 Å². The van der Waals surface area contributed by atoms with Crippen LogP contribution in [0.4, 0.5) is 5.69 Å². The highest BCUT2D eigenvalue weighted by Gasteiger charge is 2.54. The number of aromatic nitrogens is 1. The molecule has 0 radical (unpaired) electrons. The summed E-state index contributed by atoms with van der Waals surface area (Å²) < 4.78 is 0. The van der Waals surface area contributed by atoms with E-state index in [0.717, 1.165) is 43.4 Å². The summed E-state index contributed by atoms with van der Waals surface area (Å²) in [6, 6.07) is 6.04. The first kappa shape index (κ1) is 27.5. The minimum absolute atomic E-state index is 0.132. The number of carboxylic acid groups (broad SMARTS) is 1. The molecule has 3 N–H and O–H groups in total. The number of pyridine rings is 1. The fourth-order valence-corrected chi connectivity index (χ4v) is 6.62. The Bertz CT molecular complexity index is 1220. The number of benzene rings is 1. The maximum Gasteiger partial charge on any atom is 0.326 e. The van der Waals surface area contributed by atoms with Gasteiger partial charge in [0.15, 0.2) is 5.78 Å². The van der Waals surface area contributed by atoms with Crippen molar-refractivity contribution < 1.29 is 19.5 Å². The molecular formula is C27H29Cl2N3O4S. The Kier molecular flexibility index (Phi) is 8.51. The van der Waals surface area contributed by atoms with Crippen molar-refractivity contribution in [2.45, 2.75) is 63.7 Å². The number of halogens is 2. The average molecular weight is 563 g/mol. The number of thioether (sulfide) groups is 1. The zero-order valence-electron chi connectivity index (χ0n) is 20.6. The molecule has 1 heterocycles. The van der Waals surface area contributed by atoms with Gasteiger partial charge in [0.05, 0.1) is 25.9 Å². The fourth-order valence-electron chi connectivity index (χ4n) is 4.94. The van der Waals surface area contributed by atoms with Crippen molar-refractivity contribution in [1.29, 1.82) is 0 Å². The van der Waals surface area contributed by atoms with Crippen molar-refractivity contribution >= 4 is 58.3 Å². The summed E-state index contributed by atoms with van der Waals surface area (Å²) in [5.41, 5.74) is 1.67. The van der Waals surface area contributed by atoms with Crippen LogP contribution in [0, 0.1) is 5.41 Å². The molecule has 1 fully saturated rings. The molecule has 1 aromatic carbocycles. The lowest BCUT2D eigenvalue weighted by Crippen LogP contribution is -2.54. The molecule has 7 nitrogen and oxygen atoms in total. The lowest BCUT2D eigenvalue weighted by molar-refractivity contribution is -0.140. The first-order valence-electron chi connectivity index (χ1n) is 12.3. The second kappa shape index (κ2) is 11.5. The van der Waals surface area contributed by atoms with Gasteiger partial charge in [0.1, 0.15) is 6.04 Å². The molecule has 1 atom stereocenters. The largest absolute Gasteiger partial charge is 0.480 e. The summed E-state index contributed by atoms with van der Waals surface area (Å²) in [6.07, 6.45) is 7.48. The normalized spacial score (nSPS) is 17.5. The van der Waals surface area contributed by atoms with Crippen LogP contribution in [0.5, 0.6) is 0 Å². The third-order valence-corrected chi connectivity index (χ3v) is 8.43. The first-order valence-corrected chi connectivity index (χ1v) is 13.9. The summed E-state index contributed by atoms with van der Waals surface area (Å²) in [5.74, 6) is -1.29. The molecule has 1 amide bonds. The van der Waals surface area contributed by atoms with E-state index in [9.17, 15) is 19.5 Å².